The van der Waals surface area contributed by atoms with Gasteiger partial charge in [0.05, 0.1) is 0 Å². The third kappa shape index (κ3) is 14.3. The summed E-state index contributed by atoms with van der Waals surface area (Å²) in [6, 6.07) is 0. The van der Waals surface area contributed by atoms with Gasteiger partial charge in [-0.15, -0.1) is 0 Å². The van der Waals surface area contributed by atoms with Gasteiger partial charge in [0.15, 0.2) is 0 Å². The maximum absolute atomic E-state index is 11.5. The average molecular weight is 320 g/mol. The summed E-state index contributed by atoms with van der Waals surface area (Å²) in [4.78, 5) is 22.9. The third-order valence-corrected chi connectivity index (χ3v) is 5.28. The van der Waals surface area contributed by atoms with Crippen molar-refractivity contribution in [2.45, 2.75) is 65.2 Å². The molecule has 0 aliphatic rings. The molecule has 0 atom stereocenters. The van der Waals surface area contributed by atoms with E-state index in [0.717, 1.165) is 56.6 Å². The van der Waals surface area contributed by atoms with Crippen LogP contribution in [-0.2, 0) is 9.59 Å². The fraction of sp³-hybridized carbons (Fsp3) is 0.867. The summed E-state index contributed by atoms with van der Waals surface area (Å²) in [6.45, 7) is 5.05. The molecule has 0 radical (unpaired) electrons. The van der Waals surface area contributed by atoms with E-state index < -0.39 is 0 Å². The van der Waals surface area contributed by atoms with Crippen molar-refractivity contribution in [2.75, 3.05) is 18.1 Å². The van der Waals surface area contributed by atoms with Crippen LogP contribution in [0.1, 0.15) is 65.2 Å². The Labute approximate surface area is 131 Å². The molecular formula is C15H29NO2S2. The molecule has 0 bridgehead atoms. The second kappa shape index (κ2) is 15.2. The molecule has 0 aromatic carbocycles. The number of nitrogens with one attached hydrogen (secondary N) is 1. The highest BCUT2D eigenvalue weighted by Crippen LogP contribution is 2.23. The number of unbranched alkanes of at least 4 members (excludes halogenated alkanes) is 3. The average Bonchev–Trinajstić information content (AvgIpc) is 2.43. The maximum Gasteiger partial charge on any atom is 0.220 e. The molecule has 1 N–H and O–H groups in total. The molecule has 0 unspecified atom stereocenters. The van der Waals surface area contributed by atoms with Gasteiger partial charge >= 0.3 is 0 Å². The summed E-state index contributed by atoms with van der Waals surface area (Å²) in [6.07, 6.45) is 7.49. The highest BCUT2D eigenvalue weighted by Gasteiger charge is 2.03. The van der Waals surface area contributed by atoms with Crippen molar-refractivity contribution in [1.82, 2.24) is 5.32 Å². The molecule has 0 heterocycles. The molecule has 0 fully saturated rings. The van der Waals surface area contributed by atoms with E-state index in [1.807, 2.05) is 0 Å². The normalized spacial score (nSPS) is 10.5. The van der Waals surface area contributed by atoms with Crippen molar-refractivity contribution in [3.05, 3.63) is 0 Å². The standard InChI is InChI=1S/C15H29NO2S2/c1-3-5-7-8-14(17)9-12-19-20-13-10-15(18)16-11-6-4-2/h3-13H2,1-2H3,(H,16,18). The molecule has 20 heavy (non-hydrogen) atoms. The van der Waals surface area contributed by atoms with Crippen LogP contribution < -0.4 is 5.32 Å². The van der Waals surface area contributed by atoms with Crippen molar-refractivity contribution in [1.29, 1.82) is 0 Å². The summed E-state index contributed by atoms with van der Waals surface area (Å²) in [5, 5.41) is 2.91. The molecule has 0 rings (SSSR count). The van der Waals surface area contributed by atoms with E-state index >= 15 is 0 Å². The molecule has 0 aromatic heterocycles. The molecule has 0 saturated carbocycles. The van der Waals surface area contributed by atoms with Gasteiger partial charge in [0.1, 0.15) is 5.78 Å². The molecule has 0 aliphatic carbocycles. The van der Waals surface area contributed by atoms with Gasteiger partial charge in [-0.1, -0.05) is 54.7 Å². The number of hydrogen-bond acceptors (Lipinski definition) is 4. The minimum Gasteiger partial charge on any atom is -0.356 e. The Kier molecular flexibility index (Phi) is 15.1. The lowest BCUT2D eigenvalue weighted by molar-refractivity contribution is -0.120. The van der Waals surface area contributed by atoms with Gasteiger partial charge in [-0.2, -0.15) is 0 Å². The molecule has 5 heteroatoms. The minimum absolute atomic E-state index is 0.141. The van der Waals surface area contributed by atoms with Crippen LogP contribution in [0.3, 0.4) is 0 Å². The van der Waals surface area contributed by atoms with Crippen molar-refractivity contribution in [2.24, 2.45) is 0 Å². The van der Waals surface area contributed by atoms with Crippen LogP contribution in [0.15, 0.2) is 0 Å². The number of rotatable bonds is 14. The lowest BCUT2D eigenvalue weighted by Crippen LogP contribution is -2.24. The SMILES string of the molecule is CCCCCC(=O)CCSSCCC(=O)NCCCC. The fourth-order valence-electron chi connectivity index (χ4n) is 1.60. The number of amides is 1. The Balaban J connectivity index is 3.27. The van der Waals surface area contributed by atoms with Crippen LogP contribution in [0.25, 0.3) is 0 Å². The maximum atomic E-state index is 11.5. The zero-order chi connectivity index (χ0) is 15.1. The largest absolute Gasteiger partial charge is 0.356 e. The summed E-state index contributed by atoms with van der Waals surface area (Å²) >= 11 is 0. The predicted molar refractivity (Wildman–Crippen MR) is 91.2 cm³/mol. The van der Waals surface area contributed by atoms with E-state index in [1.54, 1.807) is 21.6 Å². The lowest BCUT2D eigenvalue weighted by atomic mass is 10.1. The molecule has 0 aliphatic heterocycles. The molecule has 3 nitrogen and oxygen atoms in total. The molecular weight excluding hydrogens is 290 g/mol. The quantitative estimate of drug-likeness (QED) is 0.385. The van der Waals surface area contributed by atoms with Gasteiger partial charge in [-0.3, -0.25) is 9.59 Å². The van der Waals surface area contributed by atoms with E-state index in [4.69, 9.17) is 0 Å². The number of carbonyl (C=O) groups excluding carboxylic acids is 2. The van der Waals surface area contributed by atoms with Crippen molar-refractivity contribution >= 4 is 33.3 Å². The first-order chi connectivity index (χ1) is 9.70. The second-order valence-electron chi connectivity index (χ2n) is 4.84. The van der Waals surface area contributed by atoms with Gasteiger partial charge in [0.2, 0.25) is 5.91 Å². The van der Waals surface area contributed by atoms with E-state index in [2.05, 4.69) is 19.2 Å². The Morgan fingerprint density at radius 3 is 2.15 bits per heavy atom. The van der Waals surface area contributed by atoms with E-state index in [-0.39, 0.29) is 5.91 Å². The molecule has 118 valence electrons. The van der Waals surface area contributed by atoms with Crippen molar-refractivity contribution < 1.29 is 9.59 Å². The van der Waals surface area contributed by atoms with Crippen molar-refractivity contribution in [3.63, 3.8) is 0 Å². The highest BCUT2D eigenvalue weighted by molar-refractivity contribution is 8.76. The van der Waals surface area contributed by atoms with Gasteiger partial charge in [0, 0.05) is 37.3 Å². The van der Waals surface area contributed by atoms with Crippen LogP contribution >= 0.6 is 21.6 Å². The highest BCUT2D eigenvalue weighted by atomic mass is 33.1. The van der Waals surface area contributed by atoms with Crippen LogP contribution in [0.2, 0.25) is 0 Å². The summed E-state index contributed by atoms with van der Waals surface area (Å²) in [5.41, 5.74) is 0. The third-order valence-electron chi connectivity index (χ3n) is 2.87. The number of Topliss-reactive ketones (excluding diaryl/α,β-unsaturated/α-hetero) is 1. The van der Waals surface area contributed by atoms with Crippen LogP contribution in [0.5, 0.6) is 0 Å². The fourth-order valence-corrected chi connectivity index (χ4v) is 3.62. The zero-order valence-corrected chi connectivity index (χ0v) is 14.5. The first-order valence-corrected chi connectivity index (χ1v) is 10.2. The van der Waals surface area contributed by atoms with E-state index in [1.165, 1.54) is 0 Å². The van der Waals surface area contributed by atoms with Crippen LogP contribution in [0.4, 0.5) is 0 Å². The first-order valence-electron chi connectivity index (χ1n) is 7.73. The van der Waals surface area contributed by atoms with Gasteiger partial charge < -0.3 is 5.32 Å². The van der Waals surface area contributed by atoms with E-state index in [0.29, 0.717) is 18.6 Å². The van der Waals surface area contributed by atoms with E-state index in [9.17, 15) is 9.59 Å². The number of hydrogen-bond donors (Lipinski definition) is 1. The summed E-state index contributed by atoms with van der Waals surface area (Å²) in [5.74, 6) is 2.21. The smallest absolute Gasteiger partial charge is 0.220 e. The monoisotopic (exact) mass is 319 g/mol. The Morgan fingerprint density at radius 1 is 0.850 bits per heavy atom. The number of ketones is 1. The molecule has 0 saturated heterocycles. The Hall–Kier alpha value is -0.160. The lowest BCUT2D eigenvalue weighted by Gasteiger charge is -2.04. The van der Waals surface area contributed by atoms with Gasteiger partial charge in [0.25, 0.3) is 0 Å². The molecule has 0 spiro atoms. The first kappa shape index (κ1) is 19.8. The molecule has 1 amide bonds. The number of carbonyl (C=O) groups is 2. The molecule has 0 aromatic rings. The summed E-state index contributed by atoms with van der Waals surface area (Å²) < 4.78 is 0. The topological polar surface area (TPSA) is 46.2 Å². The Morgan fingerprint density at radius 2 is 1.50 bits per heavy atom. The zero-order valence-electron chi connectivity index (χ0n) is 12.9. The summed E-state index contributed by atoms with van der Waals surface area (Å²) in [7, 11) is 3.40. The van der Waals surface area contributed by atoms with Crippen molar-refractivity contribution in [3.8, 4) is 0 Å². The van der Waals surface area contributed by atoms with Crippen LogP contribution in [0, 0.1) is 0 Å². The van der Waals surface area contributed by atoms with Crippen LogP contribution in [-0.4, -0.2) is 29.7 Å². The van der Waals surface area contributed by atoms with Gasteiger partial charge in [-0.05, 0) is 12.8 Å². The van der Waals surface area contributed by atoms with Gasteiger partial charge in [-0.25, -0.2) is 0 Å². The minimum atomic E-state index is 0.141. The second-order valence-corrected chi connectivity index (χ2v) is 7.55. The Bertz CT molecular complexity index is 234. The predicted octanol–water partition coefficient (Wildman–Crippen LogP) is 4.21.